The van der Waals surface area contributed by atoms with Gasteiger partial charge in [-0.3, -0.25) is 0 Å². The second kappa shape index (κ2) is 7.26. The minimum atomic E-state index is -0.140. The number of imidazole rings is 1. The molecule has 2 heterocycles. The number of anilines is 1. The lowest BCUT2D eigenvalue weighted by molar-refractivity contribution is 0.116. The molecule has 2 aromatic rings. The van der Waals surface area contributed by atoms with Crippen molar-refractivity contribution in [3.05, 3.63) is 42.5 Å². The molecular formula is C19H28N4O. The van der Waals surface area contributed by atoms with Gasteiger partial charge in [0.15, 0.2) is 0 Å². The molecule has 3 rings (SSSR count). The third kappa shape index (κ3) is 4.51. The number of rotatable bonds is 7. The van der Waals surface area contributed by atoms with E-state index < -0.39 is 0 Å². The molecule has 0 spiro atoms. The lowest BCUT2D eigenvalue weighted by atomic mass is 10.0. The average molecular weight is 328 g/mol. The molecule has 0 radical (unpaired) electrons. The highest BCUT2D eigenvalue weighted by molar-refractivity contribution is 5.60. The number of nitrogens with one attached hydrogen (secondary N) is 2. The van der Waals surface area contributed by atoms with Gasteiger partial charge >= 0.3 is 0 Å². The van der Waals surface area contributed by atoms with Crippen LogP contribution in [0.15, 0.2) is 36.9 Å². The molecule has 24 heavy (non-hydrogen) atoms. The Morgan fingerprint density at radius 3 is 3.08 bits per heavy atom. The number of aryl methyl sites for hydroxylation is 1. The van der Waals surface area contributed by atoms with Crippen molar-refractivity contribution in [3.63, 3.8) is 0 Å². The fourth-order valence-corrected chi connectivity index (χ4v) is 3.03. The van der Waals surface area contributed by atoms with Crippen LogP contribution in [0.3, 0.4) is 0 Å². The van der Waals surface area contributed by atoms with Crippen LogP contribution < -0.4 is 15.4 Å². The lowest BCUT2D eigenvalue weighted by Crippen LogP contribution is -2.40. The van der Waals surface area contributed by atoms with Gasteiger partial charge in [-0.1, -0.05) is 6.07 Å². The van der Waals surface area contributed by atoms with E-state index in [1.54, 1.807) is 0 Å². The van der Waals surface area contributed by atoms with E-state index in [2.05, 4.69) is 59.2 Å². The van der Waals surface area contributed by atoms with Crippen LogP contribution in [-0.4, -0.2) is 34.3 Å². The van der Waals surface area contributed by atoms with E-state index in [9.17, 15) is 0 Å². The van der Waals surface area contributed by atoms with Crippen molar-refractivity contribution in [2.75, 3.05) is 18.4 Å². The molecule has 0 saturated carbocycles. The van der Waals surface area contributed by atoms with Gasteiger partial charge in [0, 0.05) is 25.0 Å². The third-order valence-corrected chi connectivity index (χ3v) is 4.32. The Balaban J connectivity index is 1.45. The largest absolute Gasteiger partial charge is 0.484 e. The summed E-state index contributed by atoms with van der Waals surface area (Å²) >= 11 is 0. The summed E-state index contributed by atoms with van der Waals surface area (Å²) in [5.74, 6) is 0.955. The zero-order valence-electron chi connectivity index (χ0n) is 14.9. The molecule has 0 fully saturated rings. The number of hydrogen-bond donors (Lipinski definition) is 2. The Hall–Kier alpha value is -2.01. The number of fused-ring (bicyclic) bond motifs is 1. The summed E-state index contributed by atoms with van der Waals surface area (Å²) in [5.41, 5.74) is 2.30. The van der Waals surface area contributed by atoms with Gasteiger partial charge in [-0.15, -0.1) is 0 Å². The molecule has 1 aliphatic heterocycles. The fourth-order valence-electron chi connectivity index (χ4n) is 3.03. The Morgan fingerprint density at radius 2 is 2.29 bits per heavy atom. The molecule has 1 aromatic heterocycles. The SMILES string of the molecule is CC(Cc1ccc2c(c1)NCC(C)(C)O2)NCCCn1ccnc1. The summed E-state index contributed by atoms with van der Waals surface area (Å²) in [6.45, 7) is 9.31. The zero-order chi connectivity index (χ0) is 17.0. The van der Waals surface area contributed by atoms with Gasteiger partial charge in [0.25, 0.3) is 0 Å². The maximum Gasteiger partial charge on any atom is 0.143 e. The first-order valence-electron chi connectivity index (χ1n) is 8.77. The van der Waals surface area contributed by atoms with Gasteiger partial charge in [-0.2, -0.15) is 0 Å². The molecule has 1 atom stereocenters. The summed E-state index contributed by atoms with van der Waals surface area (Å²) in [6.07, 6.45) is 7.82. The van der Waals surface area contributed by atoms with E-state index in [1.165, 1.54) is 5.56 Å². The Labute approximate surface area is 144 Å². The van der Waals surface area contributed by atoms with E-state index >= 15 is 0 Å². The molecule has 2 N–H and O–H groups in total. The molecule has 0 aliphatic carbocycles. The first-order chi connectivity index (χ1) is 11.5. The molecule has 0 bridgehead atoms. The Kier molecular flexibility index (Phi) is 5.09. The van der Waals surface area contributed by atoms with Crippen LogP contribution in [0.4, 0.5) is 5.69 Å². The average Bonchev–Trinajstić information content (AvgIpc) is 3.04. The normalized spacial score (nSPS) is 16.8. The van der Waals surface area contributed by atoms with Gasteiger partial charge in [0.1, 0.15) is 11.4 Å². The van der Waals surface area contributed by atoms with Crippen LogP contribution in [0.1, 0.15) is 32.8 Å². The molecule has 1 unspecified atom stereocenters. The summed E-state index contributed by atoms with van der Waals surface area (Å²) in [7, 11) is 0. The number of nitrogens with zero attached hydrogens (tertiary/aromatic N) is 2. The van der Waals surface area contributed by atoms with E-state index in [-0.39, 0.29) is 5.60 Å². The van der Waals surface area contributed by atoms with Crippen molar-refractivity contribution in [2.24, 2.45) is 0 Å². The lowest BCUT2D eigenvalue weighted by Gasteiger charge is -2.33. The van der Waals surface area contributed by atoms with Crippen molar-refractivity contribution in [1.29, 1.82) is 0 Å². The number of hydrogen-bond acceptors (Lipinski definition) is 4. The smallest absolute Gasteiger partial charge is 0.143 e. The van der Waals surface area contributed by atoms with Crippen molar-refractivity contribution in [2.45, 2.75) is 51.8 Å². The highest BCUT2D eigenvalue weighted by Crippen LogP contribution is 2.33. The van der Waals surface area contributed by atoms with Gasteiger partial charge in [-0.05, 0) is 57.9 Å². The minimum Gasteiger partial charge on any atom is -0.484 e. The maximum atomic E-state index is 6.01. The molecule has 1 aromatic carbocycles. The van der Waals surface area contributed by atoms with Crippen molar-refractivity contribution >= 4 is 5.69 Å². The monoisotopic (exact) mass is 328 g/mol. The van der Waals surface area contributed by atoms with Crippen LogP contribution in [0.2, 0.25) is 0 Å². The fraction of sp³-hybridized carbons (Fsp3) is 0.526. The van der Waals surface area contributed by atoms with Crippen molar-refractivity contribution in [1.82, 2.24) is 14.9 Å². The quantitative estimate of drug-likeness (QED) is 0.767. The highest BCUT2D eigenvalue weighted by Gasteiger charge is 2.26. The van der Waals surface area contributed by atoms with E-state index in [0.29, 0.717) is 6.04 Å². The minimum absolute atomic E-state index is 0.140. The second-order valence-electron chi connectivity index (χ2n) is 7.26. The Morgan fingerprint density at radius 1 is 1.42 bits per heavy atom. The number of benzene rings is 1. The molecule has 5 heteroatoms. The van der Waals surface area contributed by atoms with Gasteiger partial charge < -0.3 is 19.9 Å². The van der Waals surface area contributed by atoms with Crippen LogP contribution in [0, 0.1) is 0 Å². The number of aromatic nitrogens is 2. The van der Waals surface area contributed by atoms with Gasteiger partial charge in [0.05, 0.1) is 18.6 Å². The van der Waals surface area contributed by atoms with Crippen LogP contribution in [-0.2, 0) is 13.0 Å². The molecule has 5 nitrogen and oxygen atoms in total. The highest BCUT2D eigenvalue weighted by atomic mass is 16.5. The Bertz CT molecular complexity index is 651. The van der Waals surface area contributed by atoms with Crippen LogP contribution in [0.25, 0.3) is 0 Å². The van der Waals surface area contributed by atoms with E-state index in [1.807, 2.05) is 18.7 Å². The first-order valence-corrected chi connectivity index (χ1v) is 8.77. The third-order valence-electron chi connectivity index (χ3n) is 4.32. The molecule has 130 valence electrons. The zero-order valence-corrected chi connectivity index (χ0v) is 14.9. The number of ether oxygens (including phenoxy) is 1. The predicted molar refractivity (Wildman–Crippen MR) is 97.7 cm³/mol. The van der Waals surface area contributed by atoms with E-state index in [0.717, 1.165) is 43.9 Å². The van der Waals surface area contributed by atoms with Crippen LogP contribution >= 0.6 is 0 Å². The summed E-state index contributed by atoms with van der Waals surface area (Å²) < 4.78 is 8.12. The van der Waals surface area contributed by atoms with Gasteiger partial charge in [0.2, 0.25) is 0 Å². The maximum absolute atomic E-state index is 6.01. The van der Waals surface area contributed by atoms with Crippen molar-refractivity contribution < 1.29 is 4.74 Å². The topological polar surface area (TPSA) is 51.1 Å². The van der Waals surface area contributed by atoms with Crippen LogP contribution in [0.5, 0.6) is 5.75 Å². The summed E-state index contributed by atoms with van der Waals surface area (Å²) in [6, 6.07) is 6.93. The predicted octanol–water partition coefficient (Wildman–Crippen LogP) is 3.08. The molecular weight excluding hydrogens is 300 g/mol. The van der Waals surface area contributed by atoms with Gasteiger partial charge in [-0.25, -0.2) is 4.98 Å². The first kappa shape index (κ1) is 16.8. The van der Waals surface area contributed by atoms with Crippen molar-refractivity contribution in [3.8, 4) is 5.75 Å². The second-order valence-corrected chi connectivity index (χ2v) is 7.26. The molecule has 0 saturated heterocycles. The van der Waals surface area contributed by atoms with E-state index in [4.69, 9.17) is 4.74 Å². The standard InChI is InChI=1S/C19H28N4O/c1-15(21-7-4-9-23-10-8-20-14-23)11-16-5-6-18-17(12-16)22-13-19(2,3)24-18/h5-6,8,10,12,14-15,21-22H,4,7,9,11,13H2,1-3H3. The summed E-state index contributed by atoms with van der Waals surface area (Å²) in [4.78, 5) is 4.06. The summed E-state index contributed by atoms with van der Waals surface area (Å²) in [5, 5.41) is 7.08. The molecule has 0 amide bonds. The molecule has 1 aliphatic rings.